The molecule has 3 N–H and O–H groups in total. The van der Waals surface area contributed by atoms with Gasteiger partial charge in [0.2, 0.25) is 0 Å². The summed E-state index contributed by atoms with van der Waals surface area (Å²) in [6, 6.07) is 2.09. The minimum atomic E-state index is 0.0755. The first-order chi connectivity index (χ1) is 7.51. The second-order valence-corrected chi connectivity index (χ2v) is 4.19. The van der Waals surface area contributed by atoms with Crippen LogP contribution in [0.15, 0.2) is 6.07 Å². The van der Waals surface area contributed by atoms with E-state index in [4.69, 9.17) is 5.73 Å². The summed E-state index contributed by atoms with van der Waals surface area (Å²) in [5, 5.41) is 9.18. The van der Waals surface area contributed by atoms with E-state index in [-0.39, 0.29) is 12.6 Å². The summed E-state index contributed by atoms with van der Waals surface area (Å²) in [6.07, 6.45) is 0. The third-order valence-electron chi connectivity index (χ3n) is 2.95. The van der Waals surface area contributed by atoms with Crippen molar-refractivity contribution in [2.24, 2.45) is 5.73 Å². The number of nitrogens with zero attached hydrogens (tertiary/aromatic N) is 2. The van der Waals surface area contributed by atoms with E-state index in [0.717, 1.165) is 22.6 Å². The lowest BCUT2D eigenvalue weighted by Crippen LogP contribution is -2.33. The molecule has 0 radical (unpaired) electrons. The highest BCUT2D eigenvalue weighted by molar-refractivity contribution is 5.56. The molecule has 0 aliphatic heterocycles. The fraction of sp³-hybridized carbons (Fsp3) is 0.583. The zero-order valence-corrected chi connectivity index (χ0v) is 10.5. The highest BCUT2D eigenvalue weighted by Gasteiger charge is 2.14. The smallest absolute Gasteiger partial charge is 0.0632 e. The molecular formula is C12H21N3O. The van der Waals surface area contributed by atoms with E-state index >= 15 is 0 Å². The average Bonchev–Trinajstić information content (AvgIpc) is 2.26. The average molecular weight is 223 g/mol. The molecule has 4 nitrogen and oxygen atoms in total. The molecule has 16 heavy (non-hydrogen) atoms. The van der Waals surface area contributed by atoms with Gasteiger partial charge in [-0.2, -0.15) is 0 Å². The van der Waals surface area contributed by atoms with Crippen LogP contribution in [0.3, 0.4) is 0 Å². The summed E-state index contributed by atoms with van der Waals surface area (Å²) < 4.78 is 0. The van der Waals surface area contributed by atoms with E-state index in [9.17, 15) is 5.11 Å². The van der Waals surface area contributed by atoms with Crippen molar-refractivity contribution in [2.45, 2.75) is 33.4 Å². The van der Waals surface area contributed by atoms with Gasteiger partial charge in [-0.15, -0.1) is 0 Å². The quantitative estimate of drug-likeness (QED) is 0.798. The van der Waals surface area contributed by atoms with Gasteiger partial charge < -0.3 is 15.7 Å². The van der Waals surface area contributed by atoms with Gasteiger partial charge in [0.05, 0.1) is 6.61 Å². The van der Waals surface area contributed by atoms with Crippen LogP contribution in [0.4, 0.5) is 5.69 Å². The number of rotatable bonds is 4. The van der Waals surface area contributed by atoms with E-state index in [1.54, 1.807) is 0 Å². The molecule has 0 amide bonds. The highest BCUT2D eigenvalue weighted by Crippen LogP contribution is 2.24. The predicted molar refractivity (Wildman–Crippen MR) is 66.6 cm³/mol. The molecule has 1 rings (SSSR count). The lowest BCUT2D eigenvalue weighted by atomic mass is 10.1. The fourth-order valence-electron chi connectivity index (χ4n) is 1.76. The lowest BCUT2D eigenvalue weighted by Gasteiger charge is -2.28. The van der Waals surface area contributed by atoms with Crippen LogP contribution < -0.4 is 10.6 Å². The SMILES string of the molecule is Cc1cc(N(C)C(C)CO)c(CN)c(C)n1. The summed E-state index contributed by atoms with van der Waals surface area (Å²) >= 11 is 0. The fourth-order valence-corrected chi connectivity index (χ4v) is 1.76. The zero-order chi connectivity index (χ0) is 12.3. The largest absolute Gasteiger partial charge is 0.394 e. The Bertz CT molecular complexity index is 366. The predicted octanol–water partition coefficient (Wildman–Crippen LogP) is 0.974. The van der Waals surface area contributed by atoms with E-state index < -0.39 is 0 Å². The Balaban J connectivity index is 3.20. The second-order valence-electron chi connectivity index (χ2n) is 4.19. The van der Waals surface area contributed by atoms with E-state index in [2.05, 4.69) is 4.98 Å². The van der Waals surface area contributed by atoms with E-state index in [1.165, 1.54) is 0 Å². The molecule has 1 atom stereocenters. The third kappa shape index (κ3) is 2.51. The Morgan fingerprint density at radius 3 is 2.62 bits per heavy atom. The summed E-state index contributed by atoms with van der Waals surface area (Å²) in [7, 11) is 1.97. The zero-order valence-electron chi connectivity index (χ0n) is 10.5. The Morgan fingerprint density at radius 2 is 2.12 bits per heavy atom. The molecule has 1 heterocycles. The normalized spacial score (nSPS) is 12.6. The summed E-state index contributed by atoms with van der Waals surface area (Å²) in [6.45, 7) is 6.51. The Hall–Kier alpha value is -1.13. The van der Waals surface area contributed by atoms with Gasteiger partial charge in [0, 0.05) is 42.3 Å². The van der Waals surface area contributed by atoms with Gasteiger partial charge >= 0.3 is 0 Å². The number of likely N-dealkylation sites (N-methyl/N-ethyl adjacent to an activating group) is 1. The second kappa shape index (κ2) is 5.27. The number of aliphatic hydroxyl groups is 1. The summed E-state index contributed by atoms with van der Waals surface area (Å²) in [5.41, 5.74) is 9.81. The standard InChI is InChI=1S/C12H21N3O/c1-8-5-12(15(4)9(2)7-16)11(6-13)10(3)14-8/h5,9,16H,6-7,13H2,1-4H3. The highest BCUT2D eigenvalue weighted by atomic mass is 16.3. The van der Waals surface area contributed by atoms with Crippen molar-refractivity contribution in [3.05, 3.63) is 23.0 Å². The van der Waals surface area contributed by atoms with Crippen LogP contribution in [0.2, 0.25) is 0 Å². The molecule has 0 bridgehead atoms. The molecule has 1 unspecified atom stereocenters. The summed E-state index contributed by atoms with van der Waals surface area (Å²) in [4.78, 5) is 6.45. The number of hydrogen-bond donors (Lipinski definition) is 2. The number of aromatic nitrogens is 1. The maximum Gasteiger partial charge on any atom is 0.0632 e. The molecule has 4 heteroatoms. The maximum atomic E-state index is 9.18. The van der Waals surface area contributed by atoms with Gasteiger partial charge in [-0.1, -0.05) is 0 Å². The molecule has 1 aromatic heterocycles. The number of hydrogen-bond acceptors (Lipinski definition) is 4. The van der Waals surface area contributed by atoms with Crippen LogP contribution in [0.5, 0.6) is 0 Å². The topological polar surface area (TPSA) is 62.4 Å². The number of anilines is 1. The first-order valence-electron chi connectivity index (χ1n) is 5.52. The molecule has 0 saturated heterocycles. The first-order valence-corrected chi connectivity index (χ1v) is 5.52. The summed E-state index contributed by atoms with van der Waals surface area (Å²) in [5.74, 6) is 0. The van der Waals surface area contributed by atoms with Gasteiger partial charge in [-0.05, 0) is 26.8 Å². The molecule has 0 saturated carbocycles. The van der Waals surface area contributed by atoms with Crippen LogP contribution >= 0.6 is 0 Å². The Labute approximate surface area is 97.1 Å². The van der Waals surface area contributed by atoms with Gasteiger partial charge in [-0.25, -0.2) is 0 Å². The monoisotopic (exact) mass is 223 g/mol. The molecular weight excluding hydrogens is 202 g/mol. The van der Waals surface area contributed by atoms with Gasteiger partial charge in [0.1, 0.15) is 0 Å². The van der Waals surface area contributed by atoms with Crippen molar-refractivity contribution in [3.8, 4) is 0 Å². The molecule has 0 spiro atoms. The lowest BCUT2D eigenvalue weighted by molar-refractivity contribution is 0.270. The minimum absolute atomic E-state index is 0.0755. The third-order valence-corrected chi connectivity index (χ3v) is 2.95. The van der Waals surface area contributed by atoms with Crippen LogP contribution in [-0.4, -0.2) is 29.8 Å². The van der Waals surface area contributed by atoms with Crippen LogP contribution in [0.1, 0.15) is 23.9 Å². The van der Waals surface area contributed by atoms with Crippen molar-refractivity contribution >= 4 is 5.69 Å². The molecule has 0 aromatic carbocycles. The molecule has 0 aliphatic carbocycles. The van der Waals surface area contributed by atoms with Crippen LogP contribution in [0.25, 0.3) is 0 Å². The maximum absolute atomic E-state index is 9.18. The number of aryl methyl sites for hydroxylation is 2. The Morgan fingerprint density at radius 1 is 1.50 bits per heavy atom. The van der Waals surface area contributed by atoms with Gasteiger partial charge in [-0.3, -0.25) is 4.98 Å². The van der Waals surface area contributed by atoms with E-state index in [1.807, 2.05) is 38.8 Å². The van der Waals surface area contributed by atoms with E-state index in [0.29, 0.717) is 6.54 Å². The Kier molecular flexibility index (Phi) is 4.26. The first kappa shape index (κ1) is 12.9. The molecule has 90 valence electrons. The van der Waals surface area contributed by atoms with Gasteiger partial charge in [0.25, 0.3) is 0 Å². The molecule has 0 aliphatic rings. The van der Waals surface area contributed by atoms with Gasteiger partial charge in [0.15, 0.2) is 0 Å². The van der Waals surface area contributed by atoms with Crippen molar-refractivity contribution in [2.75, 3.05) is 18.6 Å². The number of nitrogens with two attached hydrogens (primary N) is 1. The van der Waals surface area contributed by atoms with Crippen molar-refractivity contribution in [1.29, 1.82) is 0 Å². The van der Waals surface area contributed by atoms with Crippen molar-refractivity contribution < 1.29 is 5.11 Å². The molecule has 1 aromatic rings. The van der Waals surface area contributed by atoms with Crippen molar-refractivity contribution in [1.82, 2.24) is 4.98 Å². The minimum Gasteiger partial charge on any atom is -0.394 e. The molecule has 0 fully saturated rings. The number of pyridine rings is 1. The van der Waals surface area contributed by atoms with Crippen LogP contribution in [0, 0.1) is 13.8 Å². The van der Waals surface area contributed by atoms with Crippen molar-refractivity contribution in [3.63, 3.8) is 0 Å². The number of aliphatic hydroxyl groups excluding tert-OH is 1. The van der Waals surface area contributed by atoms with Crippen LogP contribution in [-0.2, 0) is 6.54 Å².